The van der Waals surface area contributed by atoms with E-state index in [2.05, 4.69) is 18.8 Å². The van der Waals surface area contributed by atoms with E-state index in [9.17, 15) is 4.79 Å². The third kappa shape index (κ3) is 3.45. The Bertz CT molecular complexity index is 726. The number of rotatable bonds is 3. The van der Waals surface area contributed by atoms with Crippen molar-refractivity contribution in [3.8, 4) is 5.75 Å². The number of methoxy groups -OCH3 is 1. The van der Waals surface area contributed by atoms with Gasteiger partial charge in [-0.2, -0.15) is 0 Å². The van der Waals surface area contributed by atoms with Crippen LogP contribution < -0.4 is 4.74 Å². The highest BCUT2D eigenvalue weighted by Gasteiger charge is 2.30. The minimum absolute atomic E-state index is 0.106. The summed E-state index contributed by atoms with van der Waals surface area (Å²) in [6, 6.07) is 7.27. The predicted molar refractivity (Wildman–Crippen MR) is 86.8 cm³/mol. The van der Waals surface area contributed by atoms with Crippen LogP contribution in [0.1, 0.15) is 37.0 Å². The molecule has 5 nitrogen and oxygen atoms in total. The van der Waals surface area contributed by atoms with Gasteiger partial charge in [-0.05, 0) is 38.1 Å². The first-order valence-corrected chi connectivity index (χ1v) is 7.76. The molecule has 1 fully saturated rings. The minimum atomic E-state index is -0.373. The number of carbonyl (C=O) groups excluding carboxylic acids is 1. The van der Waals surface area contributed by atoms with E-state index < -0.39 is 0 Å². The summed E-state index contributed by atoms with van der Waals surface area (Å²) in [7, 11) is 1.37. The highest BCUT2D eigenvalue weighted by Crippen LogP contribution is 2.29. The van der Waals surface area contributed by atoms with Crippen molar-refractivity contribution in [2.24, 2.45) is 0 Å². The summed E-state index contributed by atoms with van der Waals surface area (Å²) >= 11 is 0. The number of benzene rings is 1. The van der Waals surface area contributed by atoms with Gasteiger partial charge in [-0.1, -0.05) is 0 Å². The highest BCUT2D eigenvalue weighted by atomic mass is 16.5. The standard InChI is InChI=1S/C18H21NO4/c1-18(2)11-13(7-9-22-18)23-12-4-5-16-15(10-12)14(6-8-19-16)17(20)21-3/h4-6,8,10,13H,7,9,11H2,1-3H3/t13-/m1/s1. The van der Waals surface area contributed by atoms with E-state index in [0.717, 1.165) is 29.5 Å². The number of ether oxygens (including phenoxy) is 3. The summed E-state index contributed by atoms with van der Waals surface area (Å²) in [4.78, 5) is 16.2. The predicted octanol–water partition coefficient (Wildman–Crippen LogP) is 3.36. The second-order valence-corrected chi connectivity index (χ2v) is 6.37. The lowest BCUT2D eigenvalue weighted by Gasteiger charge is -2.35. The largest absolute Gasteiger partial charge is 0.490 e. The first kappa shape index (κ1) is 15.7. The highest BCUT2D eigenvalue weighted by molar-refractivity contribution is 6.03. The number of pyridine rings is 1. The van der Waals surface area contributed by atoms with Crippen LogP contribution in [0.5, 0.6) is 5.75 Å². The van der Waals surface area contributed by atoms with Gasteiger partial charge in [0.25, 0.3) is 0 Å². The number of hydrogen-bond acceptors (Lipinski definition) is 5. The molecule has 0 amide bonds. The maximum atomic E-state index is 11.9. The smallest absolute Gasteiger partial charge is 0.338 e. The maximum absolute atomic E-state index is 11.9. The van der Waals surface area contributed by atoms with Gasteiger partial charge in [0.15, 0.2) is 0 Å². The summed E-state index contributed by atoms with van der Waals surface area (Å²) in [5, 5.41) is 0.739. The molecule has 3 rings (SSSR count). The van der Waals surface area contributed by atoms with Crippen molar-refractivity contribution >= 4 is 16.9 Å². The summed E-state index contributed by atoms with van der Waals surface area (Å²) in [5.74, 6) is 0.361. The Hall–Kier alpha value is -2.14. The van der Waals surface area contributed by atoms with Crippen LogP contribution in [0.15, 0.2) is 30.5 Å². The molecule has 0 saturated carbocycles. The van der Waals surface area contributed by atoms with E-state index in [1.54, 1.807) is 12.3 Å². The molecule has 0 bridgehead atoms. The van der Waals surface area contributed by atoms with E-state index >= 15 is 0 Å². The number of carbonyl (C=O) groups is 1. The first-order valence-electron chi connectivity index (χ1n) is 7.76. The van der Waals surface area contributed by atoms with Gasteiger partial charge in [0.2, 0.25) is 0 Å². The number of hydrogen-bond donors (Lipinski definition) is 0. The van der Waals surface area contributed by atoms with Crippen molar-refractivity contribution in [1.29, 1.82) is 0 Å². The fraction of sp³-hybridized carbons (Fsp3) is 0.444. The lowest BCUT2D eigenvalue weighted by atomic mass is 9.96. The molecule has 0 radical (unpaired) electrons. The normalized spacial score (nSPS) is 20.2. The molecule has 5 heteroatoms. The van der Waals surface area contributed by atoms with E-state index in [1.165, 1.54) is 7.11 Å². The van der Waals surface area contributed by atoms with Crippen molar-refractivity contribution in [2.45, 2.75) is 38.4 Å². The number of esters is 1. The molecule has 122 valence electrons. The van der Waals surface area contributed by atoms with E-state index in [-0.39, 0.29) is 17.7 Å². The second kappa shape index (κ2) is 6.16. The van der Waals surface area contributed by atoms with Gasteiger partial charge in [0, 0.05) is 24.4 Å². The van der Waals surface area contributed by atoms with Gasteiger partial charge in [-0.25, -0.2) is 4.79 Å². The molecule has 1 aliphatic rings. The van der Waals surface area contributed by atoms with Crippen LogP contribution in [-0.2, 0) is 9.47 Å². The van der Waals surface area contributed by atoms with Crippen molar-refractivity contribution < 1.29 is 19.0 Å². The summed E-state index contributed by atoms with van der Waals surface area (Å²) in [6.45, 7) is 4.84. The summed E-state index contributed by atoms with van der Waals surface area (Å²) < 4.78 is 16.7. The first-order chi connectivity index (χ1) is 11.0. The molecule has 0 N–H and O–H groups in total. The monoisotopic (exact) mass is 315 g/mol. The Morgan fingerprint density at radius 2 is 2.17 bits per heavy atom. The lowest BCUT2D eigenvalue weighted by Crippen LogP contribution is -2.39. The van der Waals surface area contributed by atoms with E-state index in [1.807, 2.05) is 18.2 Å². The molecule has 1 atom stereocenters. The molecule has 1 aromatic heterocycles. The van der Waals surface area contributed by atoms with Crippen LogP contribution >= 0.6 is 0 Å². The molecule has 1 saturated heterocycles. The fourth-order valence-electron chi connectivity index (χ4n) is 2.96. The topological polar surface area (TPSA) is 57.7 Å². The number of aromatic nitrogens is 1. The Kier molecular flexibility index (Phi) is 4.22. The van der Waals surface area contributed by atoms with Crippen LogP contribution in [-0.4, -0.2) is 36.4 Å². The van der Waals surface area contributed by atoms with Crippen molar-refractivity contribution in [1.82, 2.24) is 4.98 Å². The maximum Gasteiger partial charge on any atom is 0.338 e. The third-order valence-corrected chi connectivity index (χ3v) is 4.07. The van der Waals surface area contributed by atoms with Gasteiger partial charge >= 0.3 is 5.97 Å². The second-order valence-electron chi connectivity index (χ2n) is 6.37. The van der Waals surface area contributed by atoms with Crippen LogP contribution in [0, 0.1) is 0 Å². The Balaban J connectivity index is 1.89. The molecule has 1 aromatic carbocycles. The molecule has 0 spiro atoms. The molecule has 1 aliphatic heterocycles. The van der Waals surface area contributed by atoms with Gasteiger partial charge in [-0.3, -0.25) is 4.98 Å². The lowest BCUT2D eigenvalue weighted by molar-refractivity contribution is -0.0896. The fourth-order valence-corrected chi connectivity index (χ4v) is 2.96. The average molecular weight is 315 g/mol. The van der Waals surface area contributed by atoms with Crippen molar-refractivity contribution in [3.05, 3.63) is 36.0 Å². The van der Waals surface area contributed by atoms with Crippen molar-refractivity contribution in [2.75, 3.05) is 13.7 Å². The van der Waals surface area contributed by atoms with Gasteiger partial charge in [0.1, 0.15) is 11.9 Å². The molecule has 23 heavy (non-hydrogen) atoms. The zero-order valence-corrected chi connectivity index (χ0v) is 13.7. The molecule has 0 aliphatic carbocycles. The molecular formula is C18H21NO4. The zero-order chi connectivity index (χ0) is 16.4. The minimum Gasteiger partial charge on any atom is -0.490 e. The van der Waals surface area contributed by atoms with Crippen LogP contribution in [0.25, 0.3) is 10.9 Å². The average Bonchev–Trinajstić information content (AvgIpc) is 2.52. The molecule has 0 unspecified atom stereocenters. The van der Waals surface area contributed by atoms with Crippen LogP contribution in [0.2, 0.25) is 0 Å². The van der Waals surface area contributed by atoms with Gasteiger partial charge in [-0.15, -0.1) is 0 Å². The Labute approximate surface area is 135 Å². The van der Waals surface area contributed by atoms with Crippen molar-refractivity contribution in [3.63, 3.8) is 0 Å². The van der Waals surface area contributed by atoms with E-state index in [4.69, 9.17) is 14.2 Å². The van der Waals surface area contributed by atoms with Gasteiger partial charge < -0.3 is 14.2 Å². The SMILES string of the molecule is COC(=O)c1ccnc2ccc(O[C@@H]3CCOC(C)(C)C3)cc12. The third-order valence-electron chi connectivity index (χ3n) is 4.07. The Morgan fingerprint density at radius 3 is 2.91 bits per heavy atom. The number of nitrogens with zero attached hydrogens (tertiary/aromatic N) is 1. The quantitative estimate of drug-likeness (QED) is 0.813. The molecular weight excluding hydrogens is 294 g/mol. The van der Waals surface area contributed by atoms with Gasteiger partial charge in [0.05, 0.1) is 30.4 Å². The molecule has 2 heterocycles. The zero-order valence-electron chi connectivity index (χ0n) is 13.7. The number of fused-ring (bicyclic) bond motifs is 1. The summed E-state index contributed by atoms with van der Waals surface area (Å²) in [5.41, 5.74) is 1.07. The summed E-state index contributed by atoms with van der Waals surface area (Å²) in [6.07, 6.45) is 3.41. The van der Waals surface area contributed by atoms with Crippen LogP contribution in [0.3, 0.4) is 0 Å². The van der Waals surface area contributed by atoms with Crippen LogP contribution in [0.4, 0.5) is 0 Å². The van der Waals surface area contributed by atoms with E-state index in [0.29, 0.717) is 12.2 Å². The molecule has 2 aromatic rings. The Morgan fingerprint density at radius 1 is 1.35 bits per heavy atom.